The van der Waals surface area contributed by atoms with Crippen LogP contribution in [-0.4, -0.2) is 24.9 Å². The molecule has 1 aromatic carbocycles. The molecule has 0 atom stereocenters. The van der Waals surface area contributed by atoms with Crippen molar-refractivity contribution in [2.45, 2.75) is 31.8 Å². The summed E-state index contributed by atoms with van der Waals surface area (Å²) in [6.45, 7) is 0.940. The van der Waals surface area contributed by atoms with Crippen LogP contribution in [0.4, 0.5) is 5.69 Å². The van der Waals surface area contributed by atoms with E-state index in [1.807, 2.05) is 18.2 Å². The van der Waals surface area contributed by atoms with E-state index in [2.05, 4.69) is 5.32 Å². The van der Waals surface area contributed by atoms with Gasteiger partial charge in [-0.05, 0) is 49.8 Å². The van der Waals surface area contributed by atoms with Gasteiger partial charge in [0.05, 0.1) is 18.2 Å². The van der Waals surface area contributed by atoms with Gasteiger partial charge in [-0.1, -0.05) is 11.6 Å². The van der Waals surface area contributed by atoms with Gasteiger partial charge in [0, 0.05) is 12.2 Å². The molecular weight excluding hydrogens is 250 g/mol. The lowest BCUT2D eigenvalue weighted by molar-refractivity contribution is 0.111. The molecular formula is C14H20ClNO2. The SMILES string of the molecule is COc1ccc(NCC2CCC(O)CC2)cc1Cl. The van der Waals surface area contributed by atoms with Gasteiger partial charge in [-0.25, -0.2) is 0 Å². The molecule has 1 fully saturated rings. The molecule has 2 N–H and O–H groups in total. The van der Waals surface area contributed by atoms with E-state index < -0.39 is 0 Å². The van der Waals surface area contributed by atoms with E-state index in [1.54, 1.807) is 7.11 Å². The van der Waals surface area contributed by atoms with E-state index in [0.717, 1.165) is 37.9 Å². The van der Waals surface area contributed by atoms with E-state index in [1.165, 1.54) is 0 Å². The second-order valence-electron chi connectivity index (χ2n) is 4.90. The van der Waals surface area contributed by atoms with Crippen LogP contribution in [0, 0.1) is 5.92 Å². The minimum absolute atomic E-state index is 0.0864. The summed E-state index contributed by atoms with van der Waals surface area (Å²) in [5.74, 6) is 1.34. The highest BCUT2D eigenvalue weighted by atomic mass is 35.5. The molecule has 0 bridgehead atoms. The minimum Gasteiger partial charge on any atom is -0.495 e. The second kappa shape index (κ2) is 6.30. The van der Waals surface area contributed by atoms with Gasteiger partial charge in [0.2, 0.25) is 0 Å². The molecule has 100 valence electrons. The monoisotopic (exact) mass is 269 g/mol. The number of hydrogen-bond donors (Lipinski definition) is 2. The highest BCUT2D eigenvalue weighted by molar-refractivity contribution is 6.32. The summed E-state index contributed by atoms with van der Waals surface area (Å²) in [7, 11) is 1.61. The molecule has 1 aliphatic rings. The molecule has 4 heteroatoms. The zero-order valence-electron chi connectivity index (χ0n) is 10.7. The average Bonchev–Trinajstić information content (AvgIpc) is 2.38. The molecule has 0 aliphatic heterocycles. The fourth-order valence-corrected chi connectivity index (χ4v) is 2.65. The van der Waals surface area contributed by atoms with Crippen molar-refractivity contribution in [2.24, 2.45) is 5.92 Å². The van der Waals surface area contributed by atoms with Crippen molar-refractivity contribution in [2.75, 3.05) is 19.0 Å². The summed E-state index contributed by atoms with van der Waals surface area (Å²) in [6.07, 6.45) is 3.96. The number of aliphatic hydroxyl groups excluding tert-OH is 1. The predicted molar refractivity (Wildman–Crippen MR) is 74.5 cm³/mol. The van der Waals surface area contributed by atoms with Crippen molar-refractivity contribution >= 4 is 17.3 Å². The molecule has 1 aromatic rings. The molecule has 0 unspecified atom stereocenters. The Hall–Kier alpha value is -0.930. The third kappa shape index (κ3) is 3.53. The number of anilines is 1. The van der Waals surface area contributed by atoms with Crippen LogP contribution in [0.2, 0.25) is 5.02 Å². The fraction of sp³-hybridized carbons (Fsp3) is 0.571. The number of nitrogens with one attached hydrogen (secondary N) is 1. The standard InChI is InChI=1S/C14H20ClNO2/c1-18-14-7-4-11(8-13(14)15)16-9-10-2-5-12(17)6-3-10/h4,7-8,10,12,16-17H,2-3,5-6,9H2,1H3. The molecule has 1 saturated carbocycles. The van der Waals surface area contributed by atoms with Crippen molar-refractivity contribution < 1.29 is 9.84 Å². The maximum atomic E-state index is 9.45. The van der Waals surface area contributed by atoms with Crippen LogP contribution in [0.5, 0.6) is 5.75 Å². The largest absolute Gasteiger partial charge is 0.495 e. The Morgan fingerprint density at radius 1 is 1.33 bits per heavy atom. The Bertz CT molecular complexity index is 389. The van der Waals surface area contributed by atoms with Gasteiger partial charge >= 0.3 is 0 Å². The molecule has 0 aromatic heterocycles. The van der Waals surface area contributed by atoms with Crippen molar-refractivity contribution in [1.29, 1.82) is 0 Å². The van der Waals surface area contributed by atoms with Crippen LogP contribution in [0.1, 0.15) is 25.7 Å². The number of methoxy groups -OCH3 is 1. The molecule has 0 saturated heterocycles. The number of rotatable bonds is 4. The fourth-order valence-electron chi connectivity index (χ4n) is 2.39. The number of halogens is 1. The topological polar surface area (TPSA) is 41.5 Å². The van der Waals surface area contributed by atoms with Gasteiger partial charge in [0.25, 0.3) is 0 Å². The van der Waals surface area contributed by atoms with Crippen LogP contribution < -0.4 is 10.1 Å². The zero-order chi connectivity index (χ0) is 13.0. The van der Waals surface area contributed by atoms with Crippen molar-refractivity contribution in [1.82, 2.24) is 0 Å². The number of ether oxygens (including phenoxy) is 1. The maximum Gasteiger partial charge on any atom is 0.137 e. The summed E-state index contributed by atoms with van der Waals surface area (Å²) >= 11 is 6.07. The summed E-state index contributed by atoms with van der Waals surface area (Å²) in [5.41, 5.74) is 1.02. The highest BCUT2D eigenvalue weighted by Gasteiger charge is 2.18. The van der Waals surface area contributed by atoms with E-state index in [4.69, 9.17) is 16.3 Å². The van der Waals surface area contributed by atoms with Gasteiger partial charge in [-0.3, -0.25) is 0 Å². The molecule has 0 spiro atoms. The maximum absolute atomic E-state index is 9.45. The third-order valence-electron chi connectivity index (χ3n) is 3.56. The van der Waals surface area contributed by atoms with Crippen LogP contribution in [0.15, 0.2) is 18.2 Å². The Balaban J connectivity index is 1.84. The molecule has 0 radical (unpaired) electrons. The van der Waals surface area contributed by atoms with Gasteiger partial charge in [0.1, 0.15) is 5.75 Å². The van der Waals surface area contributed by atoms with Crippen LogP contribution in [-0.2, 0) is 0 Å². The lowest BCUT2D eigenvalue weighted by Gasteiger charge is -2.25. The second-order valence-corrected chi connectivity index (χ2v) is 5.31. The first-order chi connectivity index (χ1) is 8.69. The lowest BCUT2D eigenvalue weighted by Crippen LogP contribution is -2.23. The lowest BCUT2D eigenvalue weighted by atomic mass is 9.87. The number of benzene rings is 1. The summed E-state index contributed by atoms with van der Waals surface area (Å²) < 4.78 is 5.12. The quantitative estimate of drug-likeness (QED) is 0.881. The van der Waals surface area contributed by atoms with Crippen molar-refractivity contribution in [3.63, 3.8) is 0 Å². The van der Waals surface area contributed by atoms with Gasteiger partial charge in [0.15, 0.2) is 0 Å². The van der Waals surface area contributed by atoms with E-state index in [-0.39, 0.29) is 6.10 Å². The normalized spacial score (nSPS) is 23.7. The first-order valence-corrected chi connectivity index (χ1v) is 6.82. The van der Waals surface area contributed by atoms with Crippen LogP contribution >= 0.6 is 11.6 Å². The molecule has 3 nitrogen and oxygen atoms in total. The van der Waals surface area contributed by atoms with E-state index in [0.29, 0.717) is 16.7 Å². The van der Waals surface area contributed by atoms with Gasteiger partial charge in [-0.15, -0.1) is 0 Å². The minimum atomic E-state index is -0.0864. The van der Waals surface area contributed by atoms with E-state index in [9.17, 15) is 5.11 Å². The van der Waals surface area contributed by atoms with E-state index >= 15 is 0 Å². The third-order valence-corrected chi connectivity index (χ3v) is 3.86. The van der Waals surface area contributed by atoms with Gasteiger partial charge < -0.3 is 15.2 Å². The molecule has 0 amide bonds. The van der Waals surface area contributed by atoms with Crippen LogP contribution in [0.3, 0.4) is 0 Å². The van der Waals surface area contributed by atoms with Crippen LogP contribution in [0.25, 0.3) is 0 Å². The Kier molecular flexibility index (Phi) is 4.72. The number of hydrogen-bond acceptors (Lipinski definition) is 3. The number of aliphatic hydroxyl groups is 1. The van der Waals surface area contributed by atoms with Gasteiger partial charge in [-0.2, -0.15) is 0 Å². The Morgan fingerprint density at radius 3 is 2.67 bits per heavy atom. The molecule has 1 aliphatic carbocycles. The zero-order valence-corrected chi connectivity index (χ0v) is 11.4. The first kappa shape index (κ1) is 13.5. The Labute approximate surface area is 113 Å². The Morgan fingerprint density at radius 2 is 2.06 bits per heavy atom. The smallest absolute Gasteiger partial charge is 0.137 e. The average molecular weight is 270 g/mol. The summed E-state index contributed by atoms with van der Waals surface area (Å²) in [4.78, 5) is 0. The molecule has 0 heterocycles. The summed E-state index contributed by atoms with van der Waals surface area (Å²) in [6, 6.07) is 5.73. The molecule has 2 rings (SSSR count). The molecule has 18 heavy (non-hydrogen) atoms. The van der Waals surface area contributed by atoms with Crippen molar-refractivity contribution in [3.05, 3.63) is 23.2 Å². The summed E-state index contributed by atoms with van der Waals surface area (Å²) in [5, 5.41) is 13.5. The van der Waals surface area contributed by atoms with Crippen molar-refractivity contribution in [3.8, 4) is 5.75 Å². The highest BCUT2D eigenvalue weighted by Crippen LogP contribution is 2.28. The predicted octanol–water partition coefficient (Wildman–Crippen LogP) is 3.31. The first-order valence-electron chi connectivity index (χ1n) is 6.44.